The number of benzene rings is 1. The Morgan fingerprint density at radius 3 is 2.87 bits per heavy atom. The van der Waals surface area contributed by atoms with Gasteiger partial charge in [-0.1, -0.05) is 18.2 Å². The maximum atomic E-state index is 13.4. The lowest BCUT2D eigenvalue weighted by Crippen LogP contribution is -2.44. The Balaban J connectivity index is 1.15. The Kier molecular flexibility index (Phi) is 9.32. The van der Waals surface area contributed by atoms with Gasteiger partial charge in [0.1, 0.15) is 5.82 Å². The first-order valence-electron chi connectivity index (χ1n) is 14.4. The van der Waals surface area contributed by atoms with E-state index in [1.54, 1.807) is 0 Å². The van der Waals surface area contributed by atoms with Gasteiger partial charge >= 0.3 is 5.97 Å². The second-order valence-corrected chi connectivity index (χ2v) is 10.9. The van der Waals surface area contributed by atoms with Crippen LogP contribution in [0.25, 0.3) is 0 Å². The number of rotatable bonds is 10. The molecule has 0 bridgehead atoms. The number of nitrogens with one attached hydrogen (secondary N) is 2. The number of pyridine rings is 1. The first kappa shape index (κ1) is 27.4. The van der Waals surface area contributed by atoms with E-state index in [9.17, 15) is 14.7 Å². The van der Waals surface area contributed by atoms with Gasteiger partial charge in [0.05, 0.1) is 31.6 Å². The normalized spacial score (nSPS) is 20.5. The van der Waals surface area contributed by atoms with Crippen molar-refractivity contribution in [2.75, 3.05) is 62.7 Å². The predicted octanol–water partition coefficient (Wildman–Crippen LogP) is 3.25. The van der Waals surface area contributed by atoms with Gasteiger partial charge in [0.2, 0.25) is 5.91 Å². The number of hydrogen-bond acceptors (Lipinski definition) is 7. The molecule has 9 nitrogen and oxygen atoms in total. The fourth-order valence-electron chi connectivity index (χ4n) is 5.94. The van der Waals surface area contributed by atoms with Gasteiger partial charge in [0, 0.05) is 37.6 Å². The summed E-state index contributed by atoms with van der Waals surface area (Å²) < 4.78 is 5.46. The molecule has 2 fully saturated rings. The summed E-state index contributed by atoms with van der Waals surface area (Å²) in [6, 6.07) is 11.7. The SMILES string of the molecule is O=C(O)C[C@H](NC(=O)[C@@H]1CCCN(CCCc2ccc3c(n2)NCCC3)C1)c1cccc(N2CCOCC2)c1. The molecule has 5 rings (SSSR count). The number of nitrogens with zero attached hydrogens (tertiary/aromatic N) is 3. The zero-order valence-electron chi connectivity index (χ0n) is 22.7. The number of amides is 1. The smallest absolute Gasteiger partial charge is 0.305 e. The van der Waals surface area contributed by atoms with Crippen LogP contribution in [0, 0.1) is 5.92 Å². The molecule has 4 heterocycles. The first-order valence-corrected chi connectivity index (χ1v) is 14.4. The largest absolute Gasteiger partial charge is 0.481 e. The van der Waals surface area contributed by atoms with Crippen LogP contribution in [-0.4, -0.2) is 79.3 Å². The second-order valence-electron chi connectivity index (χ2n) is 10.9. The molecule has 0 aliphatic carbocycles. The molecule has 1 amide bonds. The van der Waals surface area contributed by atoms with Crippen molar-refractivity contribution < 1.29 is 19.4 Å². The Morgan fingerprint density at radius 2 is 2.03 bits per heavy atom. The molecule has 2 aromatic rings. The van der Waals surface area contributed by atoms with Crippen LogP contribution in [0.4, 0.5) is 11.5 Å². The molecule has 2 atom stereocenters. The molecule has 0 spiro atoms. The molecule has 0 radical (unpaired) electrons. The third-order valence-electron chi connectivity index (χ3n) is 8.08. The molecule has 1 aromatic carbocycles. The minimum atomic E-state index is -0.923. The van der Waals surface area contributed by atoms with E-state index in [4.69, 9.17) is 9.72 Å². The number of piperidine rings is 1. The number of carboxylic acids is 1. The highest BCUT2D eigenvalue weighted by Gasteiger charge is 2.28. The molecule has 3 N–H and O–H groups in total. The van der Waals surface area contributed by atoms with E-state index in [1.807, 2.05) is 24.3 Å². The number of hydrogen-bond donors (Lipinski definition) is 3. The fraction of sp³-hybridized carbons (Fsp3) is 0.567. The number of likely N-dealkylation sites (tertiary alicyclic amines) is 1. The van der Waals surface area contributed by atoms with Crippen LogP contribution in [0.15, 0.2) is 36.4 Å². The van der Waals surface area contributed by atoms with Gasteiger partial charge < -0.3 is 30.3 Å². The molecule has 9 heteroatoms. The number of anilines is 2. The van der Waals surface area contributed by atoms with Crippen LogP contribution in [0.3, 0.4) is 0 Å². The standard InChI is InChI=1S/C30H41N5O4/c36-28(37)20-27(23-5-1-9-26(19-23)35-15-17-39-18-16-35)33-30(38)24-7-3-13-34(21-24)14-4-8-25-11-10-22-6-2-12-31-29(22)32-25/h1,5,9-11,19,24,27H,2-4,6-8,12-18,20-21H2,(H,31,32)(H,33,38)(H,36,37)/t24-,27+/m1/s1. The average Bonchev–Trinajstić information content (AvgIpc) is 2.97. The fourth-order valence-corrected chi connectivity index (χ4v) is 5.94. The number of ether oxygens (including phenoxy) is 1. The summed E-state index contributed by atoms with van der Waals surface area (Å²) in [7, 11) is 0. The number of aromatic nitrogens is 1. The number of carbonyl (C=O) groups is 2. The van der Waals surface area contributed by atoms with Gasteiger partial charge in [0.15, 0.2) is 0 Å². The number of aryl methyl sites for hydroxylation is 2. The zero-order valence-corrected chi connectivity index (χ0v) is 22.7. The summed E-state index contributed by atoms with van der Waals surface area (Å²) in [6.07, 6.45) is 5.83. The summed E-state index contributed by atoms with van der Waals surface area (Å²) in [5.74, 6) is -0.0677. The first-order chi connectivity index (χ1) is 19.0. The molecular formula is C30H41N5O4. The number of aliphatic carboxylic acids is 1. The van der Waals surface area contributed by atoms with Crippen molar-refractivity contribution in [1.82, 2.24) is 15.2 Å². The van der Waals surface area contributed by atoms with E-state index >= 15 is 0 Å². The summed E-state index contributed by atoms with van der Waals surface area (Å²) in [4.78, 5) is 34.5. The van der Waals surface area contributed by atoms with E-state index < -0.39 is 12.0 Å². The van der Waals surface area contributed by atoms with Crippen molar-refractivity contribution in [1.29, 1.82) is 0 Å². The molecule has 0 saturated carbocycles. The van der Waals surface area contributed by atoms with E-state index in [1.165, 1.54) is 5.56 Å². The van der Waals surface area contributed by atoms with Crippen molar-refractivity contribution in [2.24, 2.45) is 5.92 Å². The van der Waals surface area contributed by atoms with E-state index in [2.05, 4.69) is 32.6 Å². The lowest BCUT2D eigenvalue weighted by Gasteiger charge is -2.33. The predicted molar refractivity (Wildman–Crippen MR) is 151 cm³/mol. The second kappa shape index (κ2) is 13.3. The monoisotopic (exact) mass is 535 g/mol. The summed E-state index contributed by atoms with van der Waals surface area (Å²) >= 11 is 0. The maximum Gasteiger partial charge on any atom is 0.305 e. The minimum Gasteiger partial charge on any atom is -0.481 e. The van der Waals surface area contributed by atoms with Crippen LogP contribution in [0.2, 0.25) is 0 Å². The number of morpholine rings is 1. The molecule has 1 aromatic heterocycles. The van der Waals surface area contributed by atoms with Crippen LogP contribution in [-0.2, 0) is 27.2 Å². The minimum absolute atomic E-state index is 0.0508. The quantitative estimate of drug-likeness (QED) is 0.426. The van der Waals surface area contributed by atoms with Crippen molar-refractivity contribution in [2.45, 2.75) is 51.0 Å². The third-order valence-corrected chi connectivity index (χ3v) is 8.08. The van der Waals surface area contributed by atoms with Crippen LogP contribution in [0.1, 0.15) is 55.0 Å². The van der Waals surface area contributed by atoms with E-state index in [0.717, 1.165) is 94.0 Å². The topological polar surface area (TPSA) is 107 Å². The van der Waals surface area contributed by atoms with Gasteiger partial charge in [-0.25, -0.2) is 4.98 Å². The van der Waals surface area contributed by atoms with Crippen molar-refractivity contribution >= 4 is 23.4 Å². The highest BCUT2D eigenvalue weighted by molar-refractivity contribution is 5.80. The molecule has 39 heavy (non-hydrogen) atoms. The molecule has 3 aliphatic heterocycles. The Morgan fingerprint density at radius 1 is 1.15 bits per heavy atom. The highest BCUT2D eigenvalue weighted by atomic mass is 16.5. The van der Waals surface area contributed by atoms with Gasteiger partial charge in [-0.15, -0.1) is 0 Å². The zero-order chi connectivity index (χ0) is 27.0. The van der Waals surface area contributed by atoms with Crippen molar-refractivity contribution in [3.63, 3.8) is 0 Å². The molecule has 0 unspecified atom stereocenters. The van der Waals surface area contributed by atoms with Gasteiger partial charge in [-0.3, -0.25) is 9.59 Å². The van der Waals surface area contributed by atoms with Gasteiger partial charge in [0.25, 0.3) is 0 Å². The third kappa shape index (κ3) is 7.48. The highest BCUT2D eigenvalue weighted by Crippen LogP contribution is 2.26. The van der Waals surface area contributed by atoms with Gasteiger partial charge in [-0.2, -0.15) is 0 Å². The van der Waals surface area contributed by atoms with Crippen LogP contribution in [0.5, 0.6) is 0 Å². The number of fused-ring (bicyclic) bond motifs is 1. The summed E-state index contributed by atoms with van der Waals surface area (Å²) in [5, 5.41) is 16.1. The number of carbonyl (C=O) groups excluding carboxylic acids is 1. The molecule has 210 valence electrons. The molecule has 3 aliphatic rings. The summed E-state index contributed by atoms with van der Waals surface area (Å²) in [6.45, 7) is 6.58. The lowest BCUT2D eigenvalue weighted by atomic mass is 9.95. The molecule has 2 saturated heterocycles. The van der Waals surface area contributed by atoms with Crippen LogP contribution >= 0.6 is 0 Å². The Bertz CT molecular complexity index is 1140. The van der Waals surface area contributed by atoms with Crippen LogP contribution < -0.4 is 15.5 Å². The van der Waals surface area contributed by atoms with Gasteiger partial charge in [-0.05, 0) is 80.9 Å². The average molecular weight is 536 g/mol. The number of carboxylic acid groups (broad SMARTS) is 1. The Labute approximate surface area is 230 Å². The molecular weight excluding hydrogens is 494 g/mol. The van der Waals surface area contributed by atoms with Crippen molar-refractivity contribution in [3.8, 4) is 0 Å². The lowest BCUT2D eigenvalue weighted by molar-refractivity contribution is -0.138. The van der Waals surface area contributed by atoms with E-state index in [-0.39, 0.29) is 18.2 Å². The summed E-state index contributed by atoms with van der Waals surface area (Å²) in [5.41, 5.74) is 4.29. The Hall–Kier alpha value is -3.17. The van der Waals surface area contributed by atoms with Crippen molar-refractivity contribution in [3.05, 3.63) is 53.2 Å². The van der Waals surface area contributed by atoms with E-state index in [0.29, 0.717) is 19.8 Å². The maximum absolute atomic E-state index is 13.4.